The van der Waals surface area contributed by atoms with E-state index >= 15 is 0 Å². The monoisotopic (exact) mass is 499 g/mol. The van der Waals surface area contributed by atoms with Crippen LogP contribution in [0.15, 0.2) is 59.2 Å². The number of carbonyl (C=O) groups is 2. The highest BCUT2D eigenvalue weighted by molar-refractivity contribution is 9.10. The first-order chi connectivity index (χ1) is 14.8. The molecule has 0 radical (unpaired) electrons. The molecule has 0 saturated heterocycles. The van der Waals surface area contributed by atoms with Gasteiger partial charge >= 0.3 is 0 Å². The van der Waals surface area contributed by atoms with Crippen LogP contribution in [0, 0.1) is 5.41 Å². The van der Waals surface area contributed by atoms with Gasteiger partial charge < -0.3 is 15.5 Å². The van der Waals surface area contributed by atoms with Crippen LogP contribution < -0.4 is 10.1 Å². The van der Waals surface area contributed by atoms with E-state index in [1.807, 2.05) is 0 Å². The lowest BCUT2D eigenvalue weighted by Crippen LogP contribution is -2.17. The van der Waals surface area contributed by atoms with Gasteiger partial charge in [-0.1, -0.05) is 51.8 Å². The molecule has 1 heterocycles. The molecule has 6 nitrogen and oxygen atoms in total. The molecule has 3 aromatic rings. The summed E-state index contributed by atoms with van der Waals surface area (Å²) in [6, 6.07) is 13.4. The van der Waals surface area contributed by atoms with E-state index < -0.39 is 5.91 Å². The molecule has 1 aromatic heterocycles. The van der Waals surface area contributed by atoms with Crippen molar-refractivity contribution in [3.63, 3.8) is 0 Å². The molecular formula is C23H19BrClN3O3. The summed E-state index contributed by atoms with van der Waals surface area (Å²) in [6.45, 7) is 1.68. The molecule has 0 aliphatic carbocycles. The third-order valence-electron chi connectivity index (χ3n) is 4.58. The zero-order chi connectivity index (χ0) is 22.5. The molecule has 2 N–H and O–H groups in total. The molecule has 2 aromatic carbocycles. The third kappa shape index (κ3) is 5.57. The van der Waals surface area contributed by atoms with Crippen molar-refractivity contribution in [3.8, 4) is 5.75 Å². The van der Waals surface area contributed by atoms with E-state index in [-0.39, 0.29) is 12.2 Å². The number of nitrogens with one attached hydrogen (secondary N) is 2. The van der Waals surface area contributed by atoms with Crippen molar-refractivity contribution < 1.29 is 14.3 Å². The highest BCUT2D eigenvalue weighted by Gasteiger charge is 2.21. The molecule has 0 aliphatic rings. The number of methoxy groups -OCH3 is 1. The van der Waals surface area contributed by atoms with Gasteiger partial charge in [0.15, 0.2) is 5.78 Å². The minimum atomic E-state index is -0.424. The van der Waals surface area contributed by atoms with Crippen LogP contribution in [0.25, 0.3) is 0 Å². The van der Waals surface area contributed by atoms with Crippen LogP contribution in [0.5, 0.6) is 5.75 Å². The minimum absolute atomic E-state index is 0.0316. The maximum atomic E-state index is 13.0. The number of hydrogen-bond donors (Lipinski definition) is 2. The molecule has 0 spiro atoms. The number of amides is 1. The molecule has 0 saturated carbocycles. The first-order valence-corrected chi connectivity index (χ1v) is 10.4. The number of aromatic nitrogens is 1. The number of hydrogen-bond acceptors (Lipinski definition) is 5. The topological polar surface area (TPSA) is 92.1 Å². The van der Waals surface area contributed by atoms with Crippen LogP contribution >= 0.6 is 27.5 Å². The summed E-state index contributed by atoms with van der Waals surface area (Å²) in [6.07, 6.45) is 1.40. The van der Waals surface area contributed by atoms with Crippen molar-refractivity contribution in [1.29, 1.82) is 5.41 Å². The molecule has 1 amide bonds. The Kier molecular flexibility index (Phi) is 7.20. The molecule has 31 heavy (non-hydrogen) atoms. The van der Waals surface area contributed by atoms with E-state index in [4.69, 9.17) is 21.7 Å². The van der Waals surface area contributed by atoms with Crippen molar-refractivity contribution in [2.24, 2.45) is 0 Å². The van der Waals surface area contributed by atoms with E-state index in [0.717, 1.165) is 5.56 Å². The van der Waals surface area contributed by atoms with Gasteiger partial charge in [-0.2, -0.15) is 0 Å². The standard InChI is InChI=1S/C23H19BrClN3O3/c1-13(26)14-3-5-15(6-4-14)20(29)11-18-19(9-16(24)10-21(18)31-2)23(30)28-22-8-7-17(25)12-27-22/h3-10,12,26H,11H2,1-2H3,(H,27,28,30). The maximum Gasteiger partial charge on any atom is 0.257 e. The average Bonchev–Trinajstić information content (AvgIpc) is 2.76. The first-order valence-electron chi connectivity index (χ1n) is 9.26. The lowest BCUT2D eigenvalue weighted by atomic mass is 9.96. The van der Waals surface area contributed by atoms with Gasteiger partial charge in [-0.3, -0.25) is 9.59 Å². The Labute approximate surface area is 193 Å². The number of benzene rings is 2. The van der Waals surface area contributed by atoms with Crippen LogP contribution in [0.3, 0.4) is 0 Å². The predicted octanol–water partition coefficient (Wildman–Crippen LogP) is 5.57. The number of halogens is 2. The van der Waals surface area contributed by atoms with Crippen molar-refractivity contribution in [2.75, 3.05) is 12.4 Å². The van der Waals surface area contributed by atoms with Crippen LogP contribution in [0.1, 0.15) is 38.8 Å². The van der Waals surface area contributed by atoms with Crippen LogP contribution in [0.4, 0.5) is 5.82 Å². The molecule has 0 fully saturated rings. The van der Waals surface area contributed by atoms with Gasteiger partial charge in [0.05, 0.1) is 12.1 Å². The zero-order valence-electron chi connectivity index (χ0n) is 16.8. The van der Waals surface area contributed by atoms with Crippen LogP contribution in [-0.2, 0) is 6.42 Å². The SMILES string of the molecule is COc1cc(Br)cc(C(=O)Nc2ccc(Cl)cn2)c1CC(=O)c1ccc(C(C)=N)cc1. The minimum Gasteiger partial charge on any atom is -0.496 e. The third-order valence-corrected chi connectivity index (χ3v) is 5.27. The largest absolute Gasteiger partial charge is 0.496 e. The van der Waals surface area contributed by atoms with Gasteiger partial charge in [0, 0.05) is 39.5 Å². The average molecular weight is 501 g/mol. The number of pyridine rings is 1. The number of rotatable bonds is 7. The maximum absolute atomic E-state index is 13.0. The molecule has 8 heteroatoms. The fourth-order valence-corrected chi connectivity index (χ4v) is 3.53. The summed E-state index contributed by atoms with van der Waals surface area (Å²) in [4.78, 5) is 30.0. The second-order valence-electron chi connectivity index (χ2n) is 6.75. The Hall–Kier alpha value is -3.03. The Morgan fingerprint density at radius 3 is 2.39 bits per heavy atom. The van der Waals surface area contributed by atoms with Crippen molar-refractivity contribution in [3.05, 3.63) is 86.5 Å². The van der Waals surface area contributed by atoms with Gasteiger partial charge in [-0.15, -0.1) is 0 Å². The highest BCUT2D eigenvalue weighted by Crippen LogP contribution is 2.30. The fourth-order valence-electron chi connectivity index (χ4n) is 2.98. The summed E-state index contributed by atoms with van der Waals surface area (Å²) in [7, 11) is 1.49. The molecule has 0 bridgehead atoms. The van der Waals surface area contributed by atoms with Gasteiger partial charge in [0.2, 0.25) is 0 Å². The second kappa shape index (κ2) is 9.85. The molecule has 0 atom stereocenters. The number of anilines is 1. The smallest absolute Gasteiger partial charge is 0.257 e. The Balaban J connectivity index is 1.92. The van der Waals surface area contributed by atoms with Gasteiger partial charge in [0.1, 0.15) is 11.6 Å². The van der Waals surface area contributed by atoms with E-state index in [9.17, 15) is 9.59 Å². The fraction of sp³-hybridized carbons (Fsp3) is 0.130. The van der Waals surface area contributed by atoms with E-state index in [1.165, 1.54) is 13.3 Å². The highest BCUT2D eigenvalue weighted by atomic mass is 79.9. The molecule has 3 rings (SSSR count). The van der Waals surface area contributed by atoms with Gasteiger partial charge in [-0.25, -0.2) is 4.98 Å². The van der Waals surface area contributed by atoms with Crippen molar-refractivity contribution in [1.82, 2.24) is 4.98 Å². The first kappa shape index (κ1) is 22.7. The van der Waals surface area contributed by atoms with Crippen molar-refractivity contribution in [2.45, 2.75) is 13.3 Å². The number of ether oxygens (including phenoxy) is 1. The Bertz CT molecular complexity index is 1150. The number of Topliss-reactive ketones (excluding diaryl/α,β-unsaturated/α-hetero) is 1. The summed E-state index contributed by atoms with van der Waals surface area (Å²) in [5.41, 5.74) is 2.41. The second-order valence-corrected chi connectivity index (χ2v) is 8.10. The quantitative estimate of drug-likeness (QED) is 0.328. The zero-order valence-corrected chi connectivity index (χ0v) is 19.2. The van der Waals surface area contributed by atoms with Crippen molar-refractivity contribution >= 4 is 50.8 Å². The lowest BCUT2D eigenvalue weighted by Gasteiger charge is -2.15. The Morgan fingerprint density at radius 2 is 1.81 bits per heavy atom. The summed E-state index contributed by atoms with van der Waals surface area (Å²) >= 11 is 9.23. The number of nitrogens with zero attached hydrogens (tertiary/aromatic N) is 1. The van der Waals surface area contributed by atoms with Gasteiger partial charge in [0.25, 0.3) is 5.91 Å². The molecule has 0 aliphatic heterocycles. The van der Waals surface area contributed by atoms with E-state index in [0.29, 0.717) is 43.5 Å². The number of carbonyl (C=O) groups excluding carboxylic acids is 2. The summed E-state index contributed by atoms with van der Waals surface area (Å²) < 4.78 is 6.09. The van der Waals surface area contributed by atoms with Crippen LogP contribution in [0.2, 0.25) is 5.02 Å². The normalized spacial score (nSPS) is 10.5. The molecule has 158 valence electrons. The predicted molar refractivity (Wildman–Crippen MR) is 125 cm³/mol. The van der Waals surface area contributed by atoms with E-state index in [1.54, 1.807) is 55.5 Å². The van der Waals surface area contributed by atoms with Gasteiger partial charge in [-0.05, 0) is 36.8 Å². The van der Waals surface area contributed by atoms with Crippen LogP contribution in [-0.4, -0.2) is 29.5 Å². The summed E-state index contributed by atoms with van der Waals surface area (Å²) in [5.74, 6) is 0.160. The Morgan fingerprint density at radius 1 is 1.13 bits per heavy atom. The summed E-state index contributed by atoms with van der Waals surface area (Å²) in [5, 5.41) is 10.9. The van der Waals surface area contributed by atoms with E-state index in [2.05, 4.69) is 26.2 Å². The molecular weight excluding hydrogens is 482 g/mol. The number of ketones is 1. The lowest BCUT2D eigenvalue weighted by molar-refractivity contribution is 0.0991. The molecule has 0 unspecified atom stereocenters.